The maximum absolute atomic E-state index is 10.5. The first-order valence-corrected chi connectivity index (χ1v) is 8.63. The Labute approximate surface area is 153 Å². The molecule has 0 amide bonds. The number of aliphatic hydroxyl groups excluding tert-OH is 1. The zero-order valence-corrected chi connectivity index (χ0v) is 15.3. The normalized spacial score (nSPS) is 12.8. The van der Waals surface area contributed by atoms with Crippen molar-refractivity contribution in [3.63, 3.8) is 0 Å². The molecule has 0 aliphatic heterocycles. The molecule has 2 aromatic carbocycles. The number of ether oxygens (including phenoxy) is 1. The minimum Gasteiger partial charge on any atom is -0.490 e. The van der Waals surface area contributed by atoms with E-state index in [1.807, 2.05) is 48.9 Å². The lowest BCUT2D eigenvalue weighted by atomic mass is 10.1. The van der Waals surface area contributed by atoms with Crippen molar-refractivity contribution in [2.75, 3.05) is 6.61 Å². The van der Waals surface area contributed by atoms with Crippen molar-refractivity contribution < 1.29 is 15.1 Å². The summed E-state index contributed by atoms with van der Waals surface area (Å²) in [5.41, 5.74) is 5.13. The van der Waals surface area contributed by atoms with Crippen LogP contribution in [0.2, 0.25) is 0 Å². The summed E-state index contributed by atoms with van der Waals surface area (Å²) >= 11 is 0. The summed E-state index contributed by atoms with van der Waals surface area (Å²) in [6.45, 7) is 6.69. The fourth-order valence-corrected chi connectivity index (χ4v) is 3.45. The van der Waals surface area contributed by atoms with E-state index in [-0.39, 0.29) is 6.61 Å². The van der Waals surface area contributed by atoms with E-state index in [2.05, 4.69) is 24.2 Å². The van der Waals surface area contributed by atoms with Gasteiger partial charge in [-0.2, -0.15) is 0 Å². The fraction of sp³-hybridized carbons (Fsp3) is 0.286. The van der Waals surface area contributed by atoms with Gasteiger partial charge in [-0.15, -0.1) is 0 Å². The topological polar surface area (TPSA) is 67.0 Å². The second-order valence-electron chi connectivity index (χ2n) is 6.69. The number of aromatic nitrogens is 1. The van der Waals surface area contributed by atoms with Crippen LogP contribution in [0.3, 0.4) is 0 Å². The van der Waals surface area contributed by atoms with Gasteiger partial charge < -0.3 is 19.6 Å². The number of benzene rings is 2. The van der Waals surface area contributed by atoms with Crippen LogP contribution in [-0.2, 0) is 6.54 Å². The van der Waals surface area contributed by atoms with Crippen LogP contribution in [0.4, 0.5) is 0 Å². The average molecular weight is 352 g/mol. The van der Waals surface area contributed by atoms with Gasteiger partial charge in [0.2, 0.25) is 0 Å². The van der Waals surface area contributed by atoms with Gasteiger partial charge in [-0.3, -0.25) is 0 Å². The number of rotatable bonds is 6. The molecule has 2 N–H and O–H groups in total. The molecular formula is C21H24N2O3. The molecule has 0 aliphatic carbocycles. The van der Waals surface area contributed by atoms with Gasteiger partial charge in [0.05, 0.1) is 12.8 Å². The van der Waals surface area contributed by atoms with E-state index in [4.69, 9.17) is 9.94 Å². The highest BCUT2D eigenvalue weighted by Crippen LogP contribution is 2.25. The minimum atomic E-state index is -0.662. The van der Waals surface area contributed by atoms with E-state index >= 15 is 0 Å². The minimum absolute atomic E-state index is 0.209. The Balaban J connectivity index is 1.75. The number of nitrogens with zero attached hydrogens (tertiary/aromatic N) is 2. The summed E-state index contributed by atoms with van der Waals surface area (Å²) in [6.07, 6.45) is 2.61. The lowest BCUT2D eigenvalue weighted by Crippen LogP contribution is -2.23. The fourth-order valence-electron chi connectivity index (χ4n) is 3.45. The Hall–Kier alpha value is -2.79. The second kappa shape index (κ2) is 7.62. The van der Waals surface area contributed by atoms with Crippen molar-refractivity contribution in [3.05, 3.63) is 64.8 Å². The van der Waals surface area contributed by atoms with Crippen molar-refractivity contribution >= 4 is 17.1 Å². The highest BCUT2D eigenvalue weighted by Gasteiger charge is 2.13. The molecule has 3 rings (SSSR count). The summed E-state index contributed by atoms with van der Waals surface area (Å²) < 4.78 is 7.85. The summed E-state index contributed by atoms with van der Waals surface area (Å²) in [5, 5.41) is 23.4. The molecule has 1 atom stereocenters. The average Bonchev–Trinajstić information content (AvgIpc) is 2.92. The Bertz CT molecular complexity index is 921. The van der Waals surface area contributed by atoms with Gasteiger partial charge in [0.1, 0.15) is 18.5 Å². The van der Waals surface area contributed by atoms with Crippen molar-refractivity contribution in [2.24, 2.45) is 5.16 Å². The summed E-state index contributed by atoms with van der Waals surface area (Å²) in [5.74, 6) is 0.833. The van der Waals surface area contributed by atoms with E-state index in [9.17, 15) is 5.11 Å². The van der Waals surface area contributed by atoms with Crippen molar-refractivity contribution in [1.82, 2.24) is 4.57 Å². The zero-order valence-electron chi connectivity index (χ0n) is 15.3. The quantitative estimate of drug-likeness (QED) is 0.403. The molecule has 0 bridgehead atoms. The lowest BCUT2D eigenvalue weighted by Gasteiger charge is -2.17. The number of aliphatic hydroxyl groups is 1. The third-order valence-corrected chi connectivity index (χ3v) is 4.45. The highest BCUT2D eigenvalue weighted by atomic mass is 16.5. The first kappa shape index (κ1) is 18.0. The van der Waals surface area contributed by atoms with Crippen LogP contribution < -0.4 is 4.74 Å². The van der Waals surface area contributed by atoms with Gasteiger partial charge >= 0.3 is 0 Å². The SMILES string of the molecule is Cc1cc(C)c(OCC(O)Cn2cc(/C=N/O)c3ccccc32)c(C)c1. The van der Waals surface area contributed by atoms with Crippen LogP contribution >= 0.6 is 0 Å². The monoisotopic (exact) mass is 352 g/mol. The van der Waals surface area contributed by atoms with Gasteiger partial charge in [-0.05, 0) is 38.0 Å². The van der Waals surface area contributed by atoms with Crippen LogP contribution in [-0.4, -0.2) is 33.8 Å². The van der Waals surface area contributed by atoms with E-state index in [1.165, 1.54) is 11.8 Å². The van der Waals surface area contributed by atoms with Gasteiger partial charge in [0.25, 0.3) is 0 Å². The maximum Gasteiger partial charge on any atom is 0.125 e. The molecule has 26 heavy (non-hydrogen) atoms. The number of hydrogen-bond acceptors (Lipinski definition) is 4. The molecule has 0 radical (unpaired) electrons. The van der Waals surface area contributed by atoms with E-state index in [0.717, 1.165) is 33.3 Å². The Morgan fingerprint density at radius 1 is 1.15 bits per heavy atom. The molecule has 5 heteroatoms. The van der Waals surface area contributed by atoms with E-state index in [1.54, 1.807) is 0 Å². The van der Waals surface area contributed by atoms with Crippen molar-refractivity contribution in [3.8, 4) is 5.75 Å². The molecule has 0 saturated carbocycles. The van der Waals surface area contributed by atoms with Crippen molar-refractivity contribution in [2.45, 2.75) is 33.4 Å². The largest absolute Gasteiger partial charge is 0.490 e. The molecule has 1 aromatic heterocycles. The van der Waals surface area contributed by atoms with Crippen LogP contribution in [0.1, 0.15) is 22.3 Å². The smallest absolute Gasteiger partial charge is 0.125 e. The first-order chi connectivity index (χ1) is 12.5. The molecule has 5 nitrogen and oxygen atoms in total. The molecule has 1 heterocycles. The lowest BCUT2D eigenvalue weighted by molar-refractivity contribution is 0.0929. The predicted octanol–water partition coefficient (Wildman–Crippen LogP) is 3.81. The van der Waals surface area contributed by atoms with Gasteiger partial charge in [0.15, 0.2) is 0 Å². The van der Waals surface area contributed by atoms with E-state index in [0.29, 0.717) is 6.54 Å². The number of hydrogen-bond donors (Lipinski definition) is 2. The molecule has 0 fully saturated rings. The molecule has 3 aromatic rings. The van der Waals surface area contributed by atoms with Gasteiger partial charge in [-0.25, -0.2) is 0 Å². The Kier molecular flexibility index (Phi) is 5.28. The predicted molar refractivity (Wildman–Crippen MR) is 103 cm³/mol. The zero-order chi connectivity index (χ0) is 18.7. The third-order valence-electron chi connectivity index (χ3n) is 4.45. The number of oxime groups is 1. The number of aryl methyl sites for hydroxylation is 3. The van der Waals surface area contributed by atoms with Crippen LogP contribution in [0.5, 0.6) is 5.75 Å². The standard InChI is InChI=1S/C21H24N2O3/c1-14-8-15(2)21(16(3)9-14)26-13-18(24)12-23-11-17(10-22-25)19-6-4-5-7-20(19)23/h4-11,18,24-25H,12-13H2,1-3H3/b22-10+. The third kappa shape index (κ3) is 3.73. The Morgan fingerprint density at radius 2 is 1.85 bits per heavy atom. The van der Waals surface area contributed by atoms with Gasteiger partial charge in [0, 0.05) is 22.7 Å². The summed E-state index contributed by atoms with van der Waals surface area (Å²) in [4.78, 5) is 0. The Morgan fingerprint density at radius 3 is 2.54 bits per heavy atom. The van der Waals surface area contributed by atoms with E-state index < -0.39 is 6.10 Å². The van der Waals surface area contributed by atoms with Crippen LogP contribution in [0.25, 0.3) is 10.9 Å². The molecule has 136 valence electrons. The van der Waals surface area contributed by atoms with Crippen molar-refractivity contribution in [1.29, 1.82) is 0 Å². The second-order valence-corrected chi connectivity index (χ2v) is 6.69. The molecule has 0 saturated heterocycles. The van der Waals surface area contributed by atoms with Crippen LogP contribution in [0, 0.1) is 20.8 Å². The molecule has 0 aliphatic rings. The summed E-state index contributed by atoms with van der Waals surface area (Å²) in [7, 11) is 0. The molecular weight excluding hydrogens is 328 g/mol. The summed E-state index contributed by atoms with van der Waals surface area (Å²) in [6, 6.07) is 12.0. The van der Waals surface area contributed by atoms with Crippen LogP contribution in [0.15, 0.2) is 47.8 Å². The first-order valence-electron chi connectivity index (χ1n) is 8.63. The van der Waals surface area contributed by atoms with Gasteiger partial charge in [-0.1, -0.05) is 41.1 Å². The number of para-hydroxylation sites is 1. The maximum atomic E-state index is 10.5. The highest BCUT2D eigenvalue weighted by molar-refractivity contribution is 5.99. The number of fused-ring (bicyclic) bond motifs is 1. The molecule has 1 unspecified atom stereocenters. The molecule has 0 spiro atoms.